The molecule has 1 aromatic carbocycles. The lowest BCUT2D eigenvalue weighted by Crippen LogP contribution is -2.43. The number of nitrogens with zero attached hydrogens (tertiary/aromatic N) is 1. The molecule has 20 heavy (non-hydrogen) atoms. The number of rotatable bonds is 3. The number of fused-ring (bicyclic) bond motifs is 1. The fourth-order valence-corrected chi connectivity index (χ4v) is 4.30. The molecule has 0 aromatic heterocycles. The summed E-state index contributed by atoms with van der Waals surface area (Å²) in [5.74, 6) is 2.01. The number of carbonyl (C=O) groups is 1. The van der Waals surface area contributed by atoms with E-state index in [1.807, 2.05) is 24.3 Å². The molecule has 2 nitrogen and oxygen atoms in total. The van der Waals surface area contributed by atoms with E-state index in [9.17, 15) is 4.79 Å². The van der Waals surface area contributed by atoms with Gasteiger partial charge in [-0.25, -0.2) is 0 Å². The molecule has 0 amide bonds. The summed E-state index contributed by atoms with van der Waals surface area (Å²) in [6.45, 7) is 2.80. The number of carbonyl (C=O) groups excluding carboxylic acids is 1. The summed E-state index contributed by atoms with van der Waals surface area (Å²) in [6, 6.07) is 7.75. The van der Waals surface area contributed by atoms with E-state index in [2.05, 4.69) is 20.8 Å². The zero-order chi connectivity index (χ0) is 13.9. The van der Waals surface area contributed by atoms with Crippen LogP contribution in [0.5, 0.6) is 0 Å². The molecule has 1 aliphatic heterocycles. The Morgan fingerprint density at radius 1 is 1.15 bits per heavy atom. The van der Waals surface area contributed by atoms with Gasteiger partial charge in [0.05, 0.1) is 6.54 Å². The summed E-state index contributed by atoms with van der Waals surface area (Å²) in [4.78, 5) is 14.8. The molecule has 1 heterocycles. The van der Waals surface area contributed by atoms with Crippen molar-refractivity contribution in [1.82, 2.24) is 4.90 Å². The van der Waals surface area contributed by atoms with Crippen LogP contribution in [0.15, 0.2) is 28.7 Å². The van der Waals surface area contributed by atoms with E-state index in [0.717, 1.165) is 35.0 Å². The fraction of sp³-hybridized carbons (Fsp3) is 0.588. The molecule has 2 fully saturated rings. The zero-order valence-electron chi connectivity index (χ0n) is 11.9. The van der Waals surface area contributed by atoms with Crippen LogP contribution in [0.2, 0.25) is 0 Å². The highest BCUT2D eigenvalue weighted by molar-refractivity contribution is 9.10. The van der Waals surface area contributed by atoms with Crippen LogP contribution < -0.4 is 0 Å². The second-order valence-corrected chi connectivity index (χ2v) is 7.09. The maximum atomic E-state index is 12.4. The first-order valence-electron chi connectivity index (χ1n) is 7.74. The monoisotopic (exact) mass is 335 g/mol. The fourth-order valence-electron chi connectivity index (χ4n) is 3.80. The smallest absolute Gasteiger partial charge is 0.177 e. The molecule has 0 spiro atoms. The molecule has 108 valence electrons. The highest BCUT2D eigenvalue weighted by Gasteiger charge is 2.31. The van der Waals surface area contributed by atoms with Gasteiger partial charge in [-0.2, -0.15) is 0 Å². The molecular weight excluding hydrogens is 314 g/mol. The molecule has 1 aliphatic carbocycles. The third-order valence-corrected chi connectivity index (χ3v) is 5.61. The summed E-state index contributed by atoms with van der Waals surface area (Å²) < 4.78 is 0.914. The van der Waals surface area contributed by atoms with Crippen LogP contribution in [0.25, 0.3) is 0 Å². The lowest BCUT2D eigenvalue weighted by molar-refractivity contribution is 0.0712. The Labute approximate surface area is 129 Å². The van der Waals surface area contributed by atoms with Crippen molar-refractivity contribution < 1.29 is 4.79 Å². The Hall–Kier alpha value is -0.670. The van der Waals surface area contributed by atoms with E-state index < -0.39 is 0 Å². The highest BCUT2D eigenvalue weighted by atomic mass is 79.9. The van der Waals surface area contributed by atoms with Crippen molar-refractivity contribution in [2.45, 2.75) is 32.1 Å². The van der Waals surface area contributed by atoms with Gasteiger partial charge in [-0.05, 0) is 37.3 Å². The number of benzene rings is 1. The number of ketones is 1. The Bertz CT molecular complexity index is 488. The van der Waals surface area contributed by atoms with E-state index in [-0.39, 0.29) is 5.78 Å². The van der Waals surface area contributed by atoms with E-state index in [4.69, 9.17) is 0 Å². The summed E-state index contributed by atoms with van der Waals surface area (Å²) in [7, 11) is 0. The zero-order valence-corrected chi connectivity index (χ0v) is 13.4. The number of halogens is 1. The van der Waals surface area contributed by atoms with Gasteiger partial charge in [0, 0.05) is 16.6 Å². The van der Waals surface area contributed by atoms with Crippen molar-refractivity contribution >= 4 is 21.7 Å². The minimum Gasteiger partial charge on any atom is -0.296 e. The molecule has 0 N–H and O–H groups in total. The molecule has 0 radical (unpaired) electrons. The van der Waals surface area contributed by atoms with Crippen molar-refractivity contribution in [3.63, 3.8) is 0 Å². The quantitative estimate of drug-likeness (QED) is 0.773. The average molecular weight is 336 g/mol. The Balaban J connectivity index is 1.61. The minimum absolute atomic E-state index is 0.242. The average Bonchev–Trinajstić information content (AvgIpc) is 2.47. The molecule has 0 bridgehead atoms. The number of likely N-dealkylation sites (tertiary alicyclic amines) is 1. The first-order valence-corrected chi connectivity index (χ1v) is 8.53. The van der Waals surface area contributed by atoms with Gasteiger partial charge in [0.1, 0.15) is 0 Å². The van der Waals surface area contributed by atoms with E-state index in [1.54, 1.807) is 0 Å². The van der Waals surface area contributed by atoms with Crippen molar-refractivity contribution in [1.29, 1.82) is 0 Å². The predicted molar refractivity (Wildman–Crippen MR) is 85.0 cm³/mol. The number of piperidine rings is 1. The van der Waals surface area contributed by atoms with Gasteiger partial charge in [-0.15, -0.1) is 0 Å². The van der Waals surface area contributed by atoms with Gasteiger partial charge in [-0.1, -0.05) is 53.4 Å². The third-order valence-electron chi connectivity index (χ3n) is 4.92. The van der Waals surface area contributed by atoms with Crippen LogP contribution in [-0.2, 0) is 0 Å². The Morgan fingerprint density at radius 2 is 1.90 bits per heavy atom. The van der Waals surface area contributed by atoms with Crippen molar-refractivity contribution in [3.8, 4) is 0 Å². The highest BCUT2D eigenvalue weighted by Crippen LogP contribution is 2.36. The number of hydrogen-bond donors (Lipinski definition) is 0. The topological polar surface area (TPSA) is 20.3 Å². The van der Waals surface area contributed by atoms with Gasteiger partial charge >= 0.3 is 0 Å². The van der Waals surface area contributed by atoms with E-state index in [0.29, 0.717) is 6.54 Å². The van der Waals surface area contributed by atoms with Gasteiger partial charge in [0.15, 0.2) is 5.78 Å². The molecule has 1 aromatic rings. The van der Waals surface area contributed by atoms with Gasteiger partial charge < -0.3 is 0 Å². The third kappa shape index (κ3) is 3.15. The first kappa shape index (κ1) is 14.3. The van der Waals surface area contributed by atoms with Gasteiger partial charge in [0.25, 0.3) is 0 Å². The summed E-state index contributed by atoms with van der Waals surface area (Å²) in [6.07, 6.45) is 6.86. The normalized spacial score (nSPS) is 27.1. The summed E-state index contributed by atoms with van der Waals surface area (Å²) in [5, 5.41) is 0. The van der Waals surface area contributed by atoms with Crippen molar-refractivity contribution in [2.75, 3.05) is 19.6 Å². The molecular formula is C17H22BrNO. The van der Waals surface area contributed by atoms with Crippen LogP contribution in [-0.4, -0.2) is 30.3 Å². The molecule has 2 aliphatic rings. The molecule has 3 rings (SSSR count). The second-order valence-electron chi connectivity index (χ2n) is 6.23. The maximum Gasteiger partial charge on any atom is 0.177 e. The minimum atomic E-state index is 0.242. The number of Topliss-reactive ketones (excluding diaryl/α,β-unsaturated/α-hetero) is 1. The van der Waals surface area contributed by atoms with Crippen LogP contribution in [0, 0.1) is 11.8 Å². The predicted octanol–water partition coefficient (Wildman–Crippen LogP) is 4.14. The first-order chi connectivity index (χ1) is 9.74. The van der Waals surface area contributed by atoms with Crippen LogP contribution in [0.4, 0.5) is 0 Å². The number of hydrogen-bond acceptors (Lipinski definition) is 2. The standard InChI is InChI=1S/C17H22BrNO/c18-16-8-4-3-7-15(16)17(20)12-19-10-9-13-5-1-2-6-14(13)11-19/h3-4,7-8,13-14H,1-2,5-6,9-12H2. The SMILES string of the molecule is O=C(CN1CCC2CCCCC2C1)c1ccccc1Br. The molecule has 2 unspecified atom stereocenters. The second kappa shape index (κ2) is 6.40. The van der Waals surface area contributed by atoms with Crippen LogP contribution >= 0.6 is 15.9 Å². The van der Waals surface area contributed by atoms with Crippen LogP contribution in [0.3, 0.4) is 0 Å². The summed E-state index contributed by atoms with van der Waals surface area (Å²) >= 11 is 3.48. The van der Waals surface area contributed by atoms with Crippen molar-refractivity contribution in [2.24, 2.45) is 11.8 Å². The molecule has 2 atom stereocenters. The molecule has 1 saturated carbocycles. The largest absolute Gasteiger partial charge is 0.296 e. The Morgan fingerprint density at radius 3 is 2.70 bits per heavy atom. The van der Waals surface area contributed by atoms with Crippen molar-refractivity contribution in [3.05, 3.63) is 34.3 Å². The van der Waals surface area contributed by atoms with E-state index >= 15 is 0 Å². The summed E-state index contributed by atoms with van der Waals surface area (Å²) in [5.41, 5.74) is 0.818. The Kier molecular flexibility index (Phi) is 4.57. The van der Waals surface area contributed by atoms with E-state index in [1.165, 1.54) is 32.1 Å². The van der Waals surface area contributed by atoms with Gasteiger partial charge in [0.2, 0.25) is 0 Å². The molecule has 1 saturated heterocycles. The lowest BCUT2D eigenvalue weighted by Gasteiger charge is -2.41. The van der Waals surface area contributed by atoms with Gasteiger partial charge in [-0.3, -0.25) is 9.69 Å². The maximum absolute atomic E-state index is 12.4. The van der Waals surface area contributed by atoms with Crippen LogP contribution in [0.1, 0.15) is 42.5 Å². The lowest BCUT2D eigenvalue weighted by atomic mass is 9.75. The molecule has 3 heteroatoms.